The Balaban J connectivity index is 1.64. The maximum Gasteiger partial charge on any atom is 0.407 e. The second-order valence-corrected chi connectivity index (χ2v) is 7.58. The maximum atomic E-state index is 12.6. The quantitative estimate of drug-likeness (QED) is 0.404. The van der Waals surface area contributed by atoms with Crippen LogP contribution in [-0.2, 0) is 14.3 Å². The fourth-order valence-electron chi connectivity index (χ4n) is 3.86. The standard InChI is InChI=1S/C26H26N2O5/c1-3-5-15-23(25(30)31)27-24(29)22(10-4-2)28-26(32)33-16-21-19-13-8-6-11-17(19)18-12-7-9-14-20(18)21/h4,6-9,11-14,21-23H,2,10,15-16H2,1H3,(H,27,29)(H,28,32)(H,30,31). The lowest BCUT2D eigenvalue weighted by molar-refractivity contribution is -0.141. The van der Waals surface area contributed by atoms with Crippen LogP contribution in [0.5, 0.6) is 0 Å². The summed E-state index contributed by atoms with van der Waals surface area (Å²) in [6.45, 7) is 5.29. The molecule has 2 aromatic rings. The van der Waals surface area contributed by atoms with Gasteiger partial charge < -0.3 is 20.5 Å². The van der Waals surface area contributed by atoms with Gasteiger partial charge in [-0.1, -0.05) is 54.6 Å². The SMILES string of the molecule is C=CCC(NC(=O)OCC1c2ccccc2-c2ccccc21)C(=O)NC(CC#CC)C(=O)O. The van der Waals surface area contributed by atoms with E-state index in [0.717, 1.165) is 22.3 Å². The Morgan fingerprint density at radius 3 is 2.21 bits per heavy atom. The summed E-state index contributed by atoms with van der Waals surface area (Å²) >= 11 is 0. The van der Waals surface area contributed by atoms with Gasteiger partial charge >= 0.3 is 12.1 Å². The van der Waals surface area contributed by atoms with E-state index in [4.69, 9.17) is 4.74 Å². The molecular formula is C26H26N2O5. The molecule has 2 aromatic carbocycles. The molecule has 2 amide bonds. The molecule has 0 saturated carbocycles. The van der Waals surface area contributed by atoms with Gasteiger partial charge in [0.25, 0.3) is 0 Å². The molecule has 1 aliphatic rings. The number of aliphatic carboxylic acids is 1. The summed E-state index contributed by atoms with van der Waals surface area (Å²) < 4.78 is 5.48. The van der Waals surface area contributed by atoms with Crippen molar-refractivity contribution >= 4 is 18.0 Å². The number of amides is 2. The maximum absolute atomic E-state index is 12.6. The summed E-state index contributed by atoms with van der Waals surface area (Å²) in [7, 11) is 0. The molecule has 2 unspecified atom stereocenters. The molecule has 7 heteroatoms. The molecule has 0 aromatic heterocycles. The number of alkyl carbamates (subject to hydrolysis) is 1. The van der Waals surface area contributed by atoms with Crippen LogP contribution in [0, 0.1) is 11.8 Å². The van der Waals surface area contributed by atoms with E-state index in [9.17, 15) is 19.5 Å². The van der Waals surface area contributed by atoms with Crippen LogP contribution < -0.4 is 10.6 Å². The first-order chi connectivity index (χ1) is 16.0. The topological polar surface area (TPSA) is 105 Å². The average molecular weight is 447 g/mol. The van der Waals surface area contributed by atoms with Crippen LogP contribution in [-0.4, -0.2) is 41.8 Å². The predicted octanol–water partition coefficient (Wildman–Crippen LogP) is 3.45. The van der Waals surface area contributed by atoms with E-state index in [1.54, 1.807) is 6.92 Å². The zero-order valence-corrected chi connectivity index (χ0v) is 18.3. The lowest BCUT2D eigenvalue weighted by atomic mass is 9.98. The van der Waals surface area contributed by atoms with Crippen molar-refractivity contribution in [1.82, 2.24) is 10.6 Å². The summed E-state index contributed by atoms with van der Waals surface area (Å²) in [5, 5.41) is 14.2. The van der Waals surface area contributed by atoms with Crippen LogP contribution in [0.3, 0.4) is 0 Å². The van der Waals surface area contributed by atoms with Crippen molar-refractivity contribution in [3.8, 4) is 23.0 Å². The number of carbonyl (C=O) groups is 3. The lowest BCUT2D eigenvalue weighted by Gasteiger charge is -2.20. The number of benzene rings is 2. The number of hydrogen-bond donors (Lipinski definition) is 3. The Bertz CT molecular complexity index is 1070. The van der Waals surface area contributed by atoms with Gasteiger partial charge in [0.05, 0.1) is 0 Å². The van der Waals surface area contributed by atoms with Crippen molar-refractivity contribution < 1.29 is 24.2 Å². The number of carbonyl (C=O) groups excluding carboxylic acids is 2. The van der Waals surface area contributed by atoms with E-state index in [0.29, 0.717) is 0 Å². The molecule has 3 N–H and O–H groups in total. The van der Waals surface area contributed by atoms with Crippen molar-refractivity contribution in [2.75, 3.05) is 6.61 Å². The van der Waals surface area contributed by atoms with E-state index in [2.05, 4.69) is 29.1 Å². The number of rotatable bonds is 9. The molecule has 0 fully saturated rings. The van der Waals surface area contributed by atoms with E-state index < -0.39 is 30.1 Å². The van der Waals surface area contributed by atoms with Crippen molar-refractivity contribution in [2.24, 2.45) is 0 Å². The molecular weight excluding hydrogens is 420 g/mol. The average Bonchev–Trinajstić information content (AvgIpc) is 3.13. The number of carboxylic acids is 1. The summed E-state index contributed by atoms with van der Waals surface area (Å²) in [6.07, 6.45) is 0.778. The van der Waals surface area contributed by atoms with Crippen molar-refractivity contribution in [1.29, 1.82) is 0 Å². The Morgan fingerprint density at radius 2 is 1.67 bits per heavy atom. The highest BCUT2D eigenvalue weighted by molar-refractivity contribution is 5.89. The first-order valence-electron chi connectivity index (χ1n) is 10.6. The van der Waals surface area contributed by atoms with Crippen LogP contribution in [0.2, 0.25) is 0 Å². The van der Waals surface area contributed by atoms with Gasteiger partial charge in [0, 0.05) is 12.3 Å². The molecule has 0 aliphatic heterocycles. The number of carboxylic acid groups (broad SMARTS) is 1. The lowest BCUT2D eigenvalue weighted by Crippen LogP contribution is -2.51. The largest absolute Gasteiger partial charge is 0.480 e. The van der Waals surface area contributed by atoms with Gasteiger partial charge in [0.15, 0.2) is 0 Å². The second kappa shape index (κ2) is 11.0. The van der Waals surface area contributed by atoms with Crippen LogP contribution in [0.1, 0.15) is 36.8 Å². The van der Waals surface area contributed by atoms with E-state index in [-0.39, 0.29) is 25.4 Å². The number of nitrogens with one attached hydrogen (secondary N) is 2. The monoisotopic (exact) mass is 446 g/mol. The fraction of sp³-hybridized carbons (Fsp3) is 0.269. The summed E-state index contributed by atoms with van der Waals surface area (Å²) in [5.74, 6) is 3.28. The zero-order chi connectivity index (χ0) is 23.8. The summed E-state index contributed by atoms with van der Waals surface area (Å²) in [5.41, 5.74) is 4.38. The van der Waals surface area contributed by atoms with E-state index >= 15 is 0 Å². The van der Waals surface area contributed by atoms with Gasteiger partial charge in [0.1, 0.15) is 18.7 Å². The number of hydrogen-bond acceptors (Lipinski definition) is 4. The van der Waals surface area contributed by atoms with Crippen molar-refractivity contribution in [2.45, 2.75) is 37.8 Å². The van der Waals surface area contributed by atoms with Crippen LogP contribution >= 0.6 is 0 Å². The van der Waals surface area contributed by atoms with Crippen LogP contribution in [0.15, 0.2) is 61.2 Å². The molecule has 0 heterocycles. The first-order valence-corrected chi connectivity index (χ1v) is 10.6. The van der Waals surface area contributed by atoms with Gasteiger partial charge in [0.2, 0.25) is 5.91 Å². The Hall–Kier alpha value is -4.05. The molecule has 170 valence electrons. The minimum absolute atomic E-state index is 0.0384. The van der Waals surface area contributed by atoms with Crippen LogP contribution in [0.4, 0.5) is 4.79 Å². The molecule has 1 aliphatic carbocycles. The predicted molar refractivity (Wildman–Crippen MR) is 124 cm³/mol. The summed E-state index contributed by atoms with van der Waals surface area (Å²) in [6, 6.07) is 13.8. The minimum atomic E-state index is -1.20. The van der Waals surface area contributed by atoms with Crippen LogP contribution in [0.25, 0.3) is 11.1 Å². The molecule has 0 radical (unpaired) electrons. The number of ether oxygens (including phenoxy) is 1. The third-order valence-corrected chi connectivity index (χ3v) is 5.45. The third kappa shape index (κ3) is 5.60. The molecule has 2 atom stereocenters. The van der Waals surface area contributed by atoms with Gasteiger partial charge in [-0.25, -0.2) is 9.59 Å². The minimum Gasteiger partial charge on any atom is -0.480 e. The van der Waals surface area contributed by atoms with Gasteiger partial charge in [-0.3, -0.25) is 4.79 Å². The Labute approximate surface area is 192 Å². The zero-order valence-electron chi connectivity index (χ0n) is 18.3. The molecule has 33 heavy (non-hydrogen) atoms. The Morgan fingerprint density at radius 1 is 1.06 bits per heavy atom. The number of fused-ring (bicyclic) bond motifs is 3. The molecule has 0 saturated heterocycles. The highest BCUT2D eigenvalue weighted by Crippen LogP contribution is 2.44. The fourth-order valence-corrected chi connectivity index (χ4v) is 3.86. The smallest absolute Gasteiger partial charge is 0.407 e. The third-order valence-electron chi connectivity index (χ3n) is 5.45. The van der Waals surface area contributed by atoms with E-state index in [1.807, 2.05) is 48.5 Å². The molecule has 0 spiro atoms. The van der Waals surface area contributed by atoms with Crippen molar-refractivity contribution in [3.63, 3.8) is 0 Å². The van der Waals surface area contributed by atoms with E-state index in [1.165, 1.54) is 6.08 Å². The normalized spacial score (nSPS) is 13.4. The second-order valence-electron chi connectivity index (χ2n) is 7.58. The van der Waals surface area contributed by atoms with Crippen molar-refractivity contribution in [3.05, 3.63) is 72.3 Å². The first kappa shape index (κ1) is 23.6. The van der Waals surface area contributed by atoms with Gasteiger partial charge in [-0.05, 0) is 35.6 Å². The molecule has 7 nitrogen and oxygen atoms in total. The van der Waals surface area contributed by atoms with Gasteiger partial charge in [-0.15, -0.1) is 18.4 Å². The highest BCUT2D eigenvalue weighted by Gasteiger charge is 2.30. The Kier molecular flexibility index (Phi) is 7.87. The highest BCUT2D eigenvalue weighted by atomic mass is 16.5. The molecule has 0 bridgehead atoms. The molecule has 3 rings (SSSR count). The summed E-state index contributed by atoms with van der Waals surface area (Å²) in [4.78, 5) is 36.5. The van der Waals surface area contributed by atoms with Gasteiger partial charge in [-0.2, -0.15) is 0 Å².